The van der Waals surface area contributed by atoms with Crippen LogP contribution in [0.4, 0.5) is 0 Å². The highest BCUT2D eigenvalue weighted by atomic mass is 16.7. The predicted octanol–water partition coefficient (Wildman–Crippen LogP) is 1.59. The van der Waals surface area contributed by atoms with Crippen molar-refractivity contribution in [2.24, 2.45) is 0 Å². The van der Waals surface area contributed by atoms with Gasteiger partial charge in [-0.15, -0.1) is 0 Å². The van der Waals surface area contributed by atoms with Gasteiger partial charge in [-0.2, -0.15) is 0 Å². The molecule has 0 saturated carbocycles. The van der Waals surface area contributed by atoms with Crippen LogP contribution < -0.4 is 9.47 Å². The molecule has 88 valence electrons. The molecule has 1 rings (SSSR count). The quantitative estimate of drug-likeness (QED) is 0.453. The van der Waals surface area contributed by atoms with Crippen molar-refractivity contribution >= 4 is 6.29 Å². The summed E-state index contributed by atoms with van der Waals surface area (Å²) in [6.07, 6.45) is 0.546. The molecule has 0 atom stereocenters. The Kier molecular flexibility index (Phi) is 4.60. The van der Waals surface area contributed by atoms with Crippen LogP contribution >= 0.6 is 0 Å². The van der Waals surface area contributed by atoms with Gasteiger partial charge in [-0.05, 0) is 13.0 Å². The molecule has 5 heteroatoms. The van der Waals surface area contributed by atoms with Crippen LogP contribution in [-0.2, 0) is 4.74 Å². The molecule has 0 aliphatic rings. The number of methoxy groups -OCH3 is 1. The minimum absolute atomic E-state index is 0.0622. The molecule has 0 saturated heterocycles. The number of carbonyl (C=O) groups excluding carboxylic acids is 1. The van der Waals surface area contributed by atoms with E-state index >= 15 is 0 Å². The van der Waals surface area contributed by atoms with E-state index < -0.39 is 0 Å². The summed E-state index contributed by atoms with van der Waals surface area (Å²) in [5.74, 6) is 0.556. The van der Waals surface area contributed by atoms with Gasteiger partial charge < -0.3 is 19.3 Å². The summed E-state index contributed by atoms with van der Waals surface area (Å²) in [5, 5.41) is 9.46. The van der Waals surface area contributed by atoms with Crippen molar-refractivity contribution in [1.29, 1.82) is 0 Å². The number of aromatic hydroxyl groups is 1. The molecule has 0 spiro atoms. The molecule has 0 amide bonds. The number of phenols is 1. The van der Waals surface area contributed by atoms with Gasteiger partial charge in [0.25, 0.3) is 0 Å². The monoisotopic (exact) mass is 226 g/mol. The standard InChI is InChI=1S/C11H14O5/c1-3-15-7-16-11-5-9(13)8(6-12)4-10(11)14-2/h4-6,13H,3,7H2,1-2H3. The van der Waals surface area contributed by atoms with E-state index in [1.807, 2.05) is 6.92 Å². The fraction of sp³-hybridized carbons (Fsp3) is 0.364. The van der Waals surface area contributed by atoms with Gasteiger partial charge in [0.1, 0.15) is 5.75 Å². The first-order valence-electron chi connectivity index (χ1n) is 4.79. The Hall–Kier alpha value is -1.75. The highest BCUT2D eigenvalue weighted by Crippen LogP contribution is 2.33. The number of aldehydes is 1. The third-order valence-electron chi connectivity index (χ3n) is 1.94. The zero-order valence-electron chi connectivity index (χ0n) is 9.23. The summed E-state index contributed by atoms with van der Waals surface area (Å²) < 4.78 is 15.3. The van der Waals surface area contributed by atoms with Crippen LogP contribution in [0.25, 0.3) is 0 Å². The molecule has 0 heterocycles. The van der Waals surface area contributed by atoms with E-state index in [-0.39, 0.29) is 18.1 Å². The van der Waals surface area contributed by atoms with Gasteiger partial charge in [0, 0.05) is 12.7 Å². The summed E-state index contributed by atoms with van der Waals surface area (Å²) in [5.41, 5.74) is 0.153. The van der Waals surface area contributed by atoms with Crippen LogP contribution in [0.15, 0.2) is 12.1 Å². The lowest BCUT2D eigenvalue weighted by Gasteiger charge is -2.11. The van der Waals surface area contributed by atoms with Crippen molar-refractivity contribution in [3.05, 3.63) is 17.7 Å². The maximum Gasteiger partial charge on any atom is 0.189 e. The lowest BCUT2D eigenvalue weighted by molar-refractivity contribution is 0.0208. The van der Waals surface area contributed by atoms with Crippen molar-refractivity contribution in [2.45, 2.75) is 6.92 Å². The second-order valence-corrected chi connectivity index (χ2v) is 2.93. The number of hydrogen-bond donors (Lipinski definition) is 1. The van der Waals surface area contributed by atoms with E-state index in [0.717, 1.165) is 0 Å². The summed E-state index contributed by atoms with van der Waals surface area (Å²) in [7, 11) is 1.45. The summed E-state index contributed by atoms with van der Waals surface area (Å²) in [6, 6.07) is 2.73. The Bertz CT molecular complexity index is 362. The van der Waals surface area contributed by atoms with Crippen LogP contribution in [0.5, 0.6) is 17.2 Å². The number of phenolic OH excluding ortho intramolecular Hbond substituents is 1. The normalized spacial score (nSPS) is 9.88. The van der Waals surface area contributed by atoms with E-state index in [1.165, 1.54) is 19.2 Å². The molecule has 0 bridgehead atoms. The average molecular weight is 226 g/mol. The Balaban J connectivity index is 2.89. The molecule has 5 nitrogen and oxygen atoms in total. The summed E-state index contributed by atoms with van der Waals surface area (Å²) in [6.45, 7) is 2.43. The summed E-state index contributed by atoms with van der Waals surface area (Å²) in [4.78, 5) is 10.6. The maximum absolute atomic E-state index is 10.6. The van der Waals surface area contributed by atoms with Crippen molar-refractivity contribution in [2.75, 3.05) is 20.5 Å². The van der Waals surface area contributed by atoms with Gasteiger partial charge in [0.05, 0.1) is 12.7 Å². The molecule has 0 aliphatic heterocycles. The number of carbonyl (C=O) groups is 1. The van der Waals surface area contributed by atoms with Gasteiger partial charge in [0.2, 0.25) is 0 Å². The lowest BCUT2D eigenvalue weighted by Crippen LogP contribution is -2.03. The van der Waals surface area contributed by atoms with Gasteiger partial charge in [-0.3, -0.25) is 4.79 Å². The van der Waals surface area contributed by atoms with Crippen molar-refractivity contribution in [1.82, 2.24) is 0 Å². The first-order chi connectivity index (χ1) is 7.72. The third kappa shape index (κ3) is 2.87. The zero-order chi connectivity index (χ0) is 12.0. The van der Waals surface area contributed by atoms with Crippen LogP contribution in [0.2, 0.25) is 0 Å². The molecule has 0 fully saturated rings. The lowest BCUT2D eigenvalue weighted by atomic mass is 10.2. The Morgan fingerprint density at radius 3 is 2.69 bits per heavy atom. The predicted molar refractivity (Wildman–Crippen MR) is 57.2 cm³/mol. The molecule has 0 unspecified atom stereocenters. The van der Waals surface area contributed by atoms with Gasteiger partial charge in [-0.25, -0.2) is 0 Å². The van der Waals surface area contributed by atoms with Crippen molar-refractivity contribution in [3.63, 3.8) is 0 Å². The number of benzene rings is 1. The molecular formula is C11H14O5. The molecule has 1 aromatic carbocycles. The van der Waals surface area contributed by atoms with Crippen LogP contribution in [-0.4, -0.2) is 31.9 Å². The largest absolute Gasteiger partial charge is 0.507 e. The van der Waals surface area contributed by atoms with Gasteiger partial charge >= 0.3 is 0 Å². The minimum atomic E-state index is -0.151. The molecular weight excluding hydrogens is 212 g/mol. The van der Waals surface area contributed by atoms with Gasteiger partial charge in [0.15, 0.2) is 24.6 Å². The Labute approximate surface area is 93.6 Å². The Morgan fingerprint density at radius 2 is 2.12 bits per heavy atom. The fourth-order valence-electron chi connectivity index (χ4n) is 1.12. The smallest absolute Gasteiger partial charge is 0.189 e. The van der Waals surface area contributed by atoms with E-state index in [4.69, 9.17) is 14.2 Å². The minimum Gasteiger partial charge on any atom is -0.507 e. The molecule has 1 aromatic rings. The fourth-order valence-corrected chi connectivity index (χ4v) is 1.12. The molecule has 0 aromatic heterocycles. The molecule has 0 radical (unpaired) electrons. The maximum atomic E-state index is 10.6. The van der Waals surface area contributed by atoms with E-state index in [0.29, 0.717) is 24.4 Å². The zero-order valence-corrected chi connectivity index (χ0v) is 9.23. The Morgan fingerprint density at radius 1 is 1.38 bits per heavy atom. The summed E-state index contributed by atoms with van der Waals surface area (Å²) >= 11 is 0. The van der Waals surface area contributed by atoms with Crippen LogP contribution in [0, 0.1) is 0 Å². The van der Waals surface area contributed by atoms with Crippen LogP contribution in [0.3, 0.4) is 0 Å². The first kappa shape index (κ1) is 12.3. The van der Waals surface area contributed by atoms with E-state index in [9.17, 15) is 9.90 Å². The van der Waals surface area contributed by atoms with Crippen molar-refractivity contribution in [3.8, 4) is 17.2 Å². The number of ether oxygens (including phenoxy) is 3. The highest BCUT2D eigenvalue weighted by Gasteiger charge is 2.10. The number of hydrogen-bond acceptors (Lipinski definition) is 5. The highest BCUT2D eigenvalue weighted by molar-refractivity contribution is 5.81. The number of rotatable bonds is 6. The second-order valence-electron chi connectivity index (χ2n) is 2.93. The second kappa shape index (κ2) is 5.97. The van der Waals surface area contributed by atoms with E-state index in [2.05, 4.69) is 0 Å². The molecule has 0 aliphatic carbocycles. The first-order valence-corrected chi connectivity index (χ1v) is 4.79. The van der Waals surface area contributed by atoms with Crippen LogP contribution in [0.1, 0.15) is 17.3 Å². The van der Waals surface area contributed by atoms with Crippen molar-refractivity contribution < 1.29 is 24.1 Å². The molecule has 16 heavy (non-hydrogen) atoms. The topological polar surface area (TPSA) is 65.0 Å². The molecule has 1 N–H and O–H groups in total. The average Bonchev–Trinajstić information content (AvgIpc) is 2.30. The SMILES string of the molecule is CCOCOc1cc(O)c(C=O)cc1OC. The third-order valence-corrected chi connectivity index (χ3v) is 1.94. The van der Waals surface area contributed by atoms with Gasteiger partial charge in [-0.1, -0.05) is 0 Å². The van der Waals surface area contributed by atoms with E-state index in [1.54, 1.807) is 0 Å².